The molecule has 3 rings (SSSR count). The lowest BCUT2D eigenvalue weighted by molar-refractivity contribution is 0.0797. The van der Waals surface area contributed by atoms with Gasteiger partial charge in [-0.3, -0.25) is 9.59 Å². The van der Waals surface area contributed by atoms with Gasteiger partial charge in [0, 0.05) is 23.0 Å². The van der Waals surface area contributed by atoms with E-state index in [1.807, 2.05) is 48.5 Å². The van der Waals surface area contributed by atoms with Crippen LogP contribution in [0.3, 0.4) is 0 Å². The van der Waals surface area contributed by atoms with Gasteiger partial charge in [-0.2, -0.15) is 0 Å². The van der Waals surface area contributed by atoms with Crippen molar-refractivity contribution in [3.8, 4) is 11.5 Å². The minimum Gasteiger partial charge on any atom is -0.494 e. The van der Waals surface area contributed by atoms with Crippen molar-refractivity contribution in [3.63, 3.8) is 0 Å². The van der Waals surface area contributed by atoms with Crippen LogP contribution in [0.25, 0.3) is 0 Å². The van der Waals surface area contributed by atoms with Gasteiger partial charge in [-0.25, -0.2) is 0 Å². The van der Waals surface area contributed by atoms with Crippen LogP contribution in [0.1, 0.15) is 137 Å². The fourth-order valence-corrected chi connectivity index (χ4v) is 5.66. The first kappa shape index (κ1) is 31.9. The molecular formula is C36H52O4. The smallest absolute Gasteiger partial charge is 0.165 e. The molecule has 4 heteroatoms. The Kier molecular flexibility index (Phi) is 14.9. The summed E-state index contributed by atoms with van der Waals surface area (Å²) >= 11 is 0. The van der Waals surface area contributed by atoms with Crippen molar-refractivity contribution in [2.24, 2.45) is 11.8 Å². The average molecular weight is 549 g/mol. The largest absolute Gasteiger partial charge is 0.494 e. The van der Waals surface area contributed by atoms with Gasteiger partial charge in [0.1, 0.15) is 11.5 Å². The Labute approximate surface area is 243 Å². The molecule has 0 atom stereocenters. The summed E-state index contributed by atoms with van der Waals surface area (Å²) < 4.78 is 11.7. The lowest BCUT2D eigenvalue weighted by Crippen LogP contribution is -2.26. The quantitative estimate of drug-likeness (QED) is 0.122. The molecule has 0 radical (unpaired) electrons. The summed E-state index contributed by atoms with van der Waals surface area (Å²) in [6, 6.07) is 15.2. The average Bonchev–Trinajstić information content (AvgIpc) is 3.00. The number of ketones is 2. The second kappa shape index (κ2) is 18.7. The van der Waals surface area contributed by atoms with Gasteiger partial charge < -0.3 is 9.47 Å². The molecule has 0 heterocycles. The van der Waals surface area contributed by atoms with Crippen molar-refractivity contribution in [1.82, 2.24) is 0 Å². The molecule has 2 aromatic carbocycles. The Morgan fingerprint density at radius 2 is 0.850 bits per heavy atom. The molecule has 0 bridgehead atoms. The molecule has 0 N–H and O–H groups in total. The summed E-state index contributed by atoms with van der Waals surface area (Å²) in [7, 11) is 0. The molecular weight excluding hydrogens is 496 g/mol. The van der Waals surface area contributed by atoms with Crippen molar-refractivity contribution >= 4 is 11.6 Å². The Hall–Kier alpha value is -2.62. The van der Waals surface area contributed by atoms with E-state index in [2.05, 4.69) is 13.8 Å². The Morgan fingerprint density at radius 1 is 0.525 bits per heavy atom. The zero-order valence-corrected chi connectivity index (χ0v) is 25.1. The highest BCUT2D eigenvalue weighted by Gasteiger charge is 2.30. The van der Waals surface area contributed by atoms with Crippen LogP contribution in [0.15, 0.2) is 48.5 Å². The van der Waals surface area contributed by atoms with Gasteiger partial charge in [0.25, 0.3) is 0 Å². The molecule has 0 aromatic heterocycles. The summed E-state index contributed by atoms with van der Waals surface area (Å²) in [5.41, 5.74) is 1.50. The SMILES string of the molecule is CCCCCCCCOc1ccc(C(=O)C2CCC(C(=O)c3ccc(OCCCCCCCC)cc3)CC2)cc1. The number of carbonyl (C=O) groups excluding carboxylic acids is 2. The first-order chi connectivity index (χ1) is 19.6. The number of rotatable bonds is 20. The van der Waals surface area contributed by atoms with E-state index in [1.54, 1.807) is 0 Å². The van der Waals surface area contributed by atoms with E-state index >= 15 is 0 Å². The zero-order valence-electron chi connectivity index (χ0n) is 25.1. The number of unbranched alkanes of at least 4 members (excludes halogenated alkanes) is 10. The maximum atomic E-state index is 13.1. The molecule has 1 aliphatic carbocycles. The lowest BCUT2D eigenvalue weighted by Gasteiger charge is -2.27. The molecule has 0 amide bonds. The van der Waals surface area contributed by atoms with Gasteiger partial charge in [-0.1, -0.05) is 78.1 Å². The van der Waals surface area contributed by atoms with Gasteiger partial charge in [0.05, 0.1) is 13.2 Å². The van der Waals surface area contributed by atoms with Crippen LogP contribution in [0.4, 0.5) is 0 Å². The highest BCUT2D eigenvalue weighted by atomic mass is 16.5. The van der Waals surface area contributed by atoms with Crippen molar-refractivity contribution in [2.75, 3.05) is 13.2 Å². The van der Waals surface area contributed by atoms with Crippen LogP contribution in [-0.4, -0.2) is 24.8 Å². The molecule has 0 aliphatic heterocycles. The standard InChI is InChI=1S/C36H52O4/c1-3-5-7-9-11-13-27-39-33-23-19-31(20-24-33)35(37)29-15-17-30(18-16-29)36(38)32-21-25-34(26-22-32)40-28-14-12-10-8-6-4-2/h19-26,29-30H,3-18,27-28H2,1-2H3. The maximum Gasteiger partial charge on any atom is 0.165 e. The summed E-state index contributed by atoms with van der Waals surface area (Å²) in [5.74, 6) is 2.05. The minimum atomic E-state index is -0.00307. The highest BCUT2D eigenvalue weighted by Crippen LogP contribution is 2.33. The third kappa shape index (κ3) is 11.1. The van der Waals surface area contributed by atoms with Crippen LogP contribution in [0.5, 0.6) is 11.5 Å². The molecule has 40 heavy (non-hydrogen) atoms. The number of hydrogen-bond donors (Lipinski definition) is 0. The second-order valence-electron chi connectivity index (χ2n) is 11.6. The summed E-state index contributed by atoms with van der Waals surface area (Å²) in [6.07, 6.45) is 18.0. The zero-order chi connectivity index (χ0) is 28.4. The monoisotopic (exact) mass is 548 g/mol. The highest BCUT2D eigenvalue weighted by molar-refractivity contribution is 5.99. The van der Waals surface area contributed by atoms with E-state index in [-0.39, 0.29) is 23.4 Å². The fraction of sp³-hybridized carbons (Fsp3) is 0.611. The molecule has 1 aliphatic rings. The molecule has 0 spiro atoms. The Bertz CT molecular complexity index is 889. The van der Waals surface area contributed by atoms with Crippen LogP contribution < -0.4 is 9.47 Å². The Balaban J connectivity index is 1.35. The van der Waals surface area contributed by atoms with Crippen molar-refractivity contribution in [3.05, 3.63) is 59.7 Å². The maximum absolute atomic E-state index is 13.1. The number of hydrogen-bond acceptors (Lipinski definition) is 4. The van der Waals surface area contributed by atoms with Gasteiger partial charge in [0.2, 0.25) is 0 Å². The van der Waals surface area contributed by atoms with Gasteiger partial charge >= 0.3 is 0 Å². The van der Waals surface area contributed by atoms with E-state index < -0.39 is 0 Å². The van der Waals surface area contributed by atoms with Gasteiger partial charge in [0.15, 0.2) is 11.6 Å². The number of Topliss-reactive ketones (excluding diaryl/α,β-unsaturated/α-hetero) is 2. The van der Waals surface area contributed by atoms with Crippen molar-refractivity contribution < 1.29 is 19.1 Å². The Morgan fingerprint density at radius 3 is 1.20 bits per heavy atom. The molecule has 1 fully saturated rings. The van der Waals surface area contributed by atoms with Crippen LogP contribution in [-0.2, 0) is 0 Å². The molecule has 0 unspecified atom stereocenters. The van der Waals surface area contributed by atoms with Gasteiger partial charge in [-0.15, -0.1) is 0 Å². The first-order valence-corrected chi connectivity index (χ1v) is 16.2. The molecule has 2 aromatic rings. The van der Waals surface area contributed by atoms with Crippen LogP contribution in [0, 0.1) is 11.8 Å². The normalized spacial score (nSPS) is 16.9. The van der Waals surface area contributed by atoms with Crippen LogP contribution >= 0.6 is 0 Å². The summed E-state index contributed by atoms with van der Waals surface area (Å²) in [5, 5.41) is 0. The summed E-state index contributed by atoms with van der Waals surface area (Å²) in [4.78, 5) is 26.2. The lowest BCUT2D eigenvalue weighted by atomic mass is 9.76. The predicted molar refractivity (Wildman–Crippen MR) is 165 cm³/mol. The number of carbonyl (C=O) groups is 2. The first-order valence-electron chi connectivity index (χ1n) is 16.2. The van der Waals surface area contributed by atoms with Crippen molar-refractivity contribution in [2.45, 2.75) is 117 Å². The van der Waals surface area contributed by atoms with E-state index in [4.69, 9.17) is 9.47 Å². The minimum absolute atomic E-state index is 0.00307. The van der Waals surface area contributed by atoms with E-state index in [0.29, 0.717) is 0 Å². The molecule has 1 saturated carbocycles. The predicted octanol–water partition coefficient (Wildman–Crippen LogP) is 10.0. The molecule has 4 nitrogen and oxygen atoms in total. The number of benzene rings is 2. The van der Waals surface area contributed by atoms with E-state index in [0.717, 1.165) is 74.4 Å². The van der Waals surface area contributed by atoms with Crippen molar-refractivity contribution in [1.29, 1.82) is 0 Å². The number of ether oxygens (including phenoxy) is 2. The third-order valence-electron chi connectivity index (χ3n) is 8.28. The third-order valence-corrected chi connectivity index (χ3v) is 8.28. The van der Waals surface area contributed by atoms with E-state index in [1.165, 1.54) is 64.2 Å². The topological polar surface area (TPSA) is 52.6 Å². The van der Waals surface area contributed by atoms with Crippen LogP contribution in [0.2, 0.25) is 0 Å². The fourth-order valence-electron chi connectivity index (χ4n) is 5.66. The van der Waals surface area contributed by atoms with Gasteiger partial charge in [-0.05, 0) is 87.1 Å². The summed E-state index contributed by atoms with van der Waals surface area (Å²) in [6.45, 7) is 5.93. The molecule has 220 valence electrons. The molecule has 0 saturated heterocycles. The second-order valence-corrected chi connectivity index (χ2v) is 11.6. The van der Waals surface area contributed by atoms with E-state index in [9.17, 15) is 9.59 Å².